The molecular formula is C24H27N5O2. The van der Waals surface area contributed by atoms with E-state index in [1.807, 2.05) is 54.6 Å². The van der Waals surface area contributed by atoms with Crippen LogP contribution in [-0.4, -0.2) is 26.6 Å². The van der Waals surface area contributed by atoms with Crippen LogP contribution in [0.25, 0.3) is 11.4 Å². The van der Waals surface area contributed by atoms with Gasteiger partial charge in [0.05, 0.1) is 12.5 Å². The maximum Gasteiger partial charge on any atom is 0.226 e. The predicted octanol–water partition coefficient (Wildman–Crippen LogP) is 3.88. The summed E-state index contributed by atoms with van der Waals surface area (Å²) in [5.74, 6) is 1.60. The minimum Gasteiger partial charge on any atom is -0.349 e. The van der Waals surface area contributed by atoms with Crippen LogP contribution in [0.2, 0.25) is 0 Å². The average Bonchev–Trinajstić information content (AvgIpc) is 3.02. The molecule has 2 N–H and O–H groups in total. The lowest BCUT2D eigenvalue weighted by molar-refractivity contribution is -0.120. The molecule has 7 nitrogen and oxygen atoms in total. The number of rotatable bonds is 6. The summed E-state index contributed by atoms with van der Waals surface area (Å²) < 4.78 is 2.21. The van der Waals surface area contributed by atoms with Crippen molar-refractivity contribution in [2.45, 2.75) is 51.6 Å². The highest BCUT2D eigenvalue weighted by molar-refractivity contribution is 5.91. The smallest absolute Gasteiger partial charge is 0.226 e. The molecule has 7 heteroatoms. The number of hydrogen-bond donors (Lipinski definition) is 2. The Labute approximate surface area is 181 Å². The van der Waals surface area contributed by atoms with Crippen molar-refractivity contribution in [3.63, 3.8) is 0 Å². The Kier molecular flexibility index (Phi) is 6.40. The number of anilines is 1. The lowest BCUT2D eigenvalue weighted by atomic mass is 10.0. The van der Waals surface area contributed by atoms with Crippen molar-refractivity contribution in [1.29, 1.82) is 0 Å². The fourth-order valence-electron chi connectivity index (χ4n) is 3.98. The molecule has 0 bridgehead atoms. The third kappa shape index (κ3) is 5.17. The second-order valence-corrected chi connectivity index (χ2v) is 7.90. The summed E-state index contributed by atoms with van der Waals surface area (Å²) in [5.41, 5.74) is 2.59. The molecule has 1 aliphatic rings. The first-order chi connectivity index (χ1) is 15.1. The van der Waals surface area contributed by atoms with Crippen LogP contribution in [0.1, 0.15) is 50.0 Å². The molecule has 4 rings (SSSR count). The number of aryl methyl sites for hydroxylation is 1. The third-order valence-corrected chi connectivity index (χ3v) is 5.51. The number of carbonyl (C=O) groups excluding carboxylic acids is 2. The Morgan fingerprint density at radius 3 is 2.52 bits per heavy atom. The maximum absolute atomic E-state index is 12.6. The van der Waals surface area contributed by atoms with Crippen molar-refractivity contribution in [2.75, 3.05) is 5.32 Å². The van der Waals surface area contributed by atoms with Gasteiger partial charge < -0.3 is 15.2 Å². The maximum atomic E-state index is 12.6. The van der Waals surface area contributed by atoms with E-state index < -0.39 is 0 Å². The van der Waals surface area contributed by atoms with Crippen molar-refractivity contribution in [2.24, 2.45) is 0 Å². The molecule has 1 atom stereocenters. The van der Waals surface area contributed by atoms with E-state index in [1.165, 1.54) is 13.3 Å². The van der Waals surface area contributed by atoms with Gasteiger partial charge in [-0.25, -0.2) is 0 Å². The number of amides is 2. The first kappa shape index (κ1) is 20.8. The quantitative estimate of drug-likeness (QED) is 0.637. The standard InChI is InChI=1S/C24H27N5O2/c1-17(30)25-21(18-8-4-2-5-9-18)16-23(31)26-20-13-11-19(12-14-20)24-28-27-22-10-6-3-7-15-29(22)24/h2,4-5,8-9,11-14,21H,3,6-7,10,15-16H2,1H3,(H,25,30)(H,26,31)/t21-/m0/s1. The SMILES string of the molecule is CC(=O)N[C@@H](CC(=O)Nc1ccc(-c2nnc3n2CCCCC3)cc1)c1ccccc1. The minimum absolute atomic E-state index is 0.156. The van der Waals surface area contributed by atoms with Gasteiger partial charge >= 0.3 is 0 Å². The van der Waals surface area contributed by atoms with Crippen LogP contribution in [0.3, 0.4) is 0 Å². The van der Waals surface area contributed by atoms with Gasteiger partial charge in [-0.15, -0.1) is 10.2 Å². The summed E-state index contributed by atoms with van der Waals surface area (Å²) in [4.78, 5) is 24.2. The fourth-order valence-corrected chi connectivity index (χ4v) is 3.98. The van der Waals surface area contributed by atoms with E-state index in [0.29, 0.717) is 5.69 Å². The Morgan fingerprint density at radius 2 is 1.77 bits per heavy atom. The molecular weight excluding hydrogens is 390 g/mol. The molecule has 0 unspecified atom stereocenters. The molecule has 0 spiro atoms. The minimum atomic E-state index is -0.371. The third-order valence-electron chi connectivity index (χ3n) is 5.51. The molecule has 1 aliphatic heterocycles. The molecule has 0 radical (unpaired) electrons. The zero-order valence-corrected chi connectivity index (χ0v) is 17.7. The highest BCUT2D eigenvalue weighted by atomic mass is 16.2. The normalized spacial score (nSPS) is 14.2. The van der Waals surface area contributed by atoms with E-state index in [1.54, 1.807) is 0 Å². The Balaban J connectivity index is 1.43. The molecule has 2 amide bonds. The number of fused-ring (bicyclic) bond motifs is 1. The van der Waals surface area contributed by atoms with Crippen LogP contribution in [0, 0.1) is 0 Å². The fraction of sp³-hybridized carbons (Fsp3) is 0.333. The van der Waals surface area contributed by atoms with Crippen molar-refractivity contribution < 1.29 is 9.59 Å². The van der Waals surface area contributed by atoms with Gasteiger partial charge in [-0.3, -0.25) is 9.59 Å². The van der Waals surface area contributed by atoms with Crippen LogP contribution < -0.4 is 10.6 Å². The zero-order chi connectivity index (χ0) is 21.6. The molecule has 1 aromatic heterocycles. The summed E-state index contributed by atoms with van der Waals surface area (Å²) >= 11 is 0. The van der Waals surface area contributed by atoms with Crippen LogP contribution in [0.5, 0.6) is 0 Å². The van der Waals surface area contributed by atoms with E-state index in [4.69, 9.17) is 0 Å². The lowest BCUT2D eigenvalue weighted by Gasteiger charge is -2.18. The molecule has 3 aromatic rings. The number of carbonyl (C=O) groups is 2. The molecule has 0 fully saturated rings. The molecule has 0 saturated carbocycles. The van der Waals surface area contributed by atoms with E-state index in [9.17, 15) is 9.59 Å². The van der Waals surface area contributed by atoms with Crippen molar-refractivity contribution in [1.82, 2.24) is 20.1 Å². The van der Waals surface area contributed by atoms with Gasteiger partial charge in [0.1, 0.15) is 5.82 Å². The van der Waals surface area contributed by atoms with Gasteiger partial charge in [-0.05, 0) is 42.7 Å². The first-order valence-electron chi connectivity index (χ1n) is 10.7. The molecule has 31 heavy (non-hydrogen) atoms. The highest BCUT2D eigenvalue weighted by Crippen LogP contribution is 2.24. The summed E-state index contributed by atoms with van der Waals surface area (Å²) in [6, 6.07) is 16.8. The van der Waals surface area contributed by atoms with E-state index in [0.717, 1.165) is 48.6 Å². The lowest BCUT2D eigenvalue weighted by Crippen LogP contribution is -2.29. The topological polar surface area (TPSA) is 88.9 Å². The van der Waals surface area contributed by atoms with Crippen LogP contribution in [-0.2, 0) is 22.6 Å². The second-order valence-electron chi connectivity index (χ2n) is 7.90. The van der Waals surface area contributed by atoms with Gasteiger partial charge in [-0.1, -0.05) is 36.8 Å². The predicted molar refractivity (Wildman–Crippen MR) is 119 cm³/mol. The van der Waals surface area contributed by atoms with E-state index in [2.05, 4.69) is 25.4 Å². The Hall–Kier alpha value is -3.48. The van der Waals surface area contributed by atoms with Gasteiger partial charge in [0.2, 0.25) is 11.8 Å². The molecule has 0 aliphatic carbocycles. The van der Waals surface area contributed by atoms with E-state index >= 15 is 0 Å². The summed E-state index contributed by atoms with van der Waals surface area (Å²) in [7, 11) is 0. The van der Waals surface area contributed by atoms with Crippen molar-refractivity contribution >= 4 is 17.5 Å². The first-order valence-corrected chi connectivity index (χ1v) is 10.7. The molecule has 0 saturated heterocycles. The highest BCUT2D eigenvalue weighted by Gasteiger charge is 2.18. The number of nitrogens with zero attached hydrogens (tertiary/aromatic N) is 3. The summed E-state index contributed by atoms with van der Waals surface area (Å²) in [5, 5.41) is 14.5. The Morgan fingerprint density at radius 1 is 1.00 bits per heavy atom. The molecule has 160 valence electrons. The van der Waals surface area contributed by atoms with Gasteiger partial charge in [-0.2, -0.15) is 0 Å². The molecule has 2 aromatic carbocycles. The van der Waals surface area contributed by atoms with Crippen LogP contribution >= 0.6 is 0 Å². The number of hydrogen-bond acceptors (Lipinski definition) is 4. The number of benzene rings is 2. The number of aromatic nitrogens is 3. The summed E-state index contributed by atoms with van der Waals surface area (Å²) in [6.45, 7) is 2.40. The largest absolute Gasteiger partial charge is 0.349 e. The van der Waals surface area contributed by atoms with Crippen molar-refractivity contribution in [3.05, 3.63) is 66.0 Å². The molecule has 2 heterocycles. The van der Waals surface area contributed by atoms with Crippen molar-refractivity contribution in [3.8, 4) is 11.4 Å². The number of nitrogens with one attached hydrogen (secondary N) is 2. The van der Waals surface area contributed by atoms with E-state index in [-0.39, 0.29) is 24.3 Å². The Bertz CT molecular complexity index is 1040. The van der Waals surface area contributed by atoms with Crippen LogP contribution in [0.4, 0.5) is 5.69 Å². The van der Waals surface area contributed by atoms with Gasteiger partial charge in [0.15, 0.2) is 5.82 Å². The van der Waals surface area contributed by atoms with Crippen LogP contribution in [0.15, 0.2) is 54.6 Å². The van der Waals surface area contributed by atoms with Gasteiger partial charge in [0.25, 0.3) is 0 Å². The summed E-state index contributed by atoms with van der Waals surface area (Å²) in [6.07, 6.45) is 4.64. The second kappa shape index (κ2) is 9.55. The monoisotopic (exact) mass is 417 g/mol. The van der Waals surface area contributed by atoms with Gasteiger partial charge in [0, 0.05) is 31.1 Å². The zero-order valence-electron chi connectivity index (χ0n) is 17.7. The average molecular weight is 418 g/mol.